The molecule has 0 aliphatic carbocycles. The molecule has 0 amide bonds. The summed E-state index contributed by atoms with van der Waals surface area (Å²) in [6.07, 6.45) is 4.88. The fraction of sp³-hybridized carbons (Fsp3) is 0.320. The summed E-state index contributed by atoms with van der Waals surface area (Å²) in [4.78, 5) is 19.9. The van der Waals surface area contributed by atoms with Crippen molar-refractivity contribution in [3.8, 4) is 11.4 Å². The van der Waals surface area contributed by atoms with Crippen LogP contribution in [0.5, 0.6) is 0 Å². The zero-order valence-corrected chi connectivity index (χ0v) is 20.6. The number of hydrogen-bond donors (Lipinski definition) is 2. The van der Waals surface area contributed by atoms with Gasteiger partial charge < -0.3 is 24.4 Å². The number of benzene rings is 1. The second kappa shape index (κ2) is 9.16. The number of aromatic amines is 1. The highest BCUT2D eigenvalue weighted by Gasteiger charge is 2.23. The van der Waals surface area contributed by atoms with E-state index in [2.05, 4.69) is 20.2 Å². The Labute approximate surface area is 207 Å². The monoisotopic (exact) mass is 506 g/mol. The van der Waals surface area contributed by atoms with Crippen LogP contribution >= 0.6 is 0 Å². The Kier molecular flexibility index (Phi) is 5.82. The molecule has 0 unspecified atom stereocenters. The third-order valence-corrected chi connectivity index (χ3v) is 7.28. The van der Waals surface area contributed by atoms with E-state index < -0.39 is 9.84 Å². The van der Waals surface area contributed by atoms with E-state index in [-0.39, 0.29) is 5.75 Å². The molecule has 10 nitrogen and oxygen atoms in total. The van der Waals surface area contributed by atoms with Crippen LogP contribution in [0.2, 0.25) is 0 Å². The van der Waals surface area contributed by atoms with Crippen LogP contribution in [0.1, 0.15) is 5.56 Å². The van der Waals surface area contributed by atoms with Gasteiger partial charge in [0.1, 0.15) is 15.4 Å². The van der Waals surface area contributed by atoms with Crippen LogP contribution in [0.4, 0.5) is 5.82 Å². The third kappa shape index (κ3) is 4.41. The maximum Gasteiger partial charge on any atom is 0.229 e. The van der Waals surface area contributed by atoms with Crippen molar-refractivity contribution in [1.29, 1.82) is 0 Å². The Balaban J connectivity index is 1.46. The summed E-state index contributed by atoms with van der Waals surface area (Å²) in [7, 11) is -3.02. The Morgan fingerprint density at radius 2 is 2.00 bits per heavy atom. The molecule has 5 aromatic rings. The number of furan rings is 1. The smallest absolute Gasteiger partial charge is 0.229 e. The van der Waals surface area contributed by atoms with Crippen molar-refractivity contribution >= 4 is 48.8 Å². The van der Waals surface area contributed by atoms with Gasteiger partial charge in [-0.15, -0.1) is 0 Å². The second-order valence-electron chi connectivity index (χ2n) is 9.00. The summed E-state index contributed by atoms with van der Waals surface area (Å²) >= 11 is 0. The second-order valence-corrected chi connectivity index (χ2v) is 11.3. The molecule has 0 atom stereocenters. The molecule has 11 heteroatoms. The Bertz CT molecular complexity index is 1670. The first-order valence-corrected chi connectivity index (χ1v) is 13.9. The Hall–Kier alpha value is -3.54. The summed E-state index contributed by atoms with van der Waals surface area (Å²) in [6, 6.07) is 10.1. The molecule has 0 saturated carbocycles. The number of aromatic nitrogens is 4. The largest absolute Gasteiger partial charge is 0.432 e. The number of morpholine rings is 1. The van der Waals surface area contributed by atoms with Crippen molar-refractivity contribution < 1.29 is 17.6 Å². The van der Waals surface area contributed by atoms with Crippen molar-refractivity contribution in [2.75, 3.05) is 49.8 Å². The molecule has 36 heavy (non-hydrogen) atoms. The van der Waals surface area contributed by atoms with Crippen molar-refractivity contribution in [3.63, 3.8) is 0 Å². The number of H-pyrrole nitrogens is 1. The van der Waals surface area contributed by atoms with E-state index in [9.17, 15) is 8.42 Å². The normalized spacial score (nSPS) is 14.9. The fourth-order valence-corrected chi connectivity index (χ4v) is 5.05. The standard InChI is InChI=1S/C25H26N6O4S/c1-36(32,33)12-7-26-14-16-13-19-21-22(35-25(19)28-15-16)24(31-8-10-34-11-9-31)30-23(29-21)18-3-2-4-20-17(18)5-6-27-20/h2-6,13,15,26-27H,7-12,14H2,1H3. The number of pyridine rings is 1. The summed E-state index contributed by atoms with van der Waals surface area (Å²) in [6.45, 7) is 3.52. The lowest BCUT2D eigenvalue weighted by atomic mass is 10.1. The molecule has 4 aromatic heterocycles. The number of hydrogen-bond acceptors (Lipinski definition) is 9. The van der Waals surface area contributed by atoms with Gasteiger partial charge in [0.25, 0.3) is 0 Å². The van der Waals surface area contributed by atoms with Crippen LogP contribution in [0.25, 0.3) is 44.5 Å². The Morgan fingerprint density at radius 3 is 2.83 bits per heavy atom. The number of ether oxygens (including phenoxy) is 1. The zero-order valence-electron chi connectivity index (χ0n) is 19.8. The van der Waals surface area contributed by atoms with Gasteiger partial charge in [-0.05, 0) is 23.8 Å². The Morgan fingerprint density at radius 1 is 1.14 bits per heavy atom. The minimum atomic E-state index is -3.02. The predicted octanol–water partition coefficient (Wildman–Crippen LogP) is 2.89. The topological polar surface area (TPSA) is 126 Å². The summed E-state index contributed by atoms with van der Waals surface area (Å²) in [5.74, 6) is 1.44. The number of nitrogens with one attached hydrogen (secondary N) is 2. The molecule has 1 saturated heterocycles. The fourth-order valence-electron chi connectivity index (χ4n) is 4.54. The van der Waals surface area contributed by atoms with Gasteiger partial charge in [0.2, 0.25) is 5.71 Å². The van der Waals surface area contributed by atoms with E-state index in [1.807, 2.05) is 36.5 Å². The number of sulfone groups is 1. The average molecular weight is 507 g/mol. The van der Waals surface area contributed by atoms with Gasteiger partial charge in [0, 0.05) is 61.3 Å². The lowest BCUT2D eigenvalue weighted by molar-refractivity contribution is 0.122. The molecule has 1 fully saturated rings. The molecule has 186 valence electrons. The lowest BCUT2D eigenvalue weighted by Crippen LogP contribution is -2.37. The molecular formula is C25H26N6O4S. The molecule has 1 aliphatic rings. The van der Waals surface area contributed by atoms with Gasteiger partial charge in [-0.2, -0.15) is 0 Å². The van der Waals surface area contributed by atoms with Crippen LogP contribution in [0.15, 0.2) is 47.1 Å². The molecule has 2 N–H and O–H groups in total. The summed E-state index contributed by atoms with van der Waals surface area (Å²) in [5, 5.41) is 5.02. The van der Waals surface area contributed by atoms with Crippen LogP contribution < -0.4 is 10.2 Å². The minimum absolute atomic E-state index is 0.0848. The van der Waals surface area contributed by atoms with Crippen molar-refractivity contribution in [2.45, 2.75) is 6.54 Å². The van der Waals surface area contributed by atoms with Gasteiger partial charge >= 0.3 is 0 Å². The van der Waals surface area contributed by atoms with Crippen LogP contribution in [-0.2, 0) is 21.1 Å². The molecule has 1 aliphatic heterocycles. The molecule has 5 heterocycles. The van der Waals surface area contributed by atoms with Gasteiger partial charge in [0.15, 0.2) is 17.2 Å². The van der Waals surface area contributed by atoms with E-state index in [1.54, 1.807) is 6.20 Å². The van der Waals surface area contributed by atoms with E-state index in [0.717, 1.165) is 33.2 Å². The van der Waals surface area contributed by atoms with Gasteiger partial charge in [-0.3, -0.25) is 0 Å². The van der Waals surface area contributed by atoms with Crippen molar-refractivity contribution in [2.24, 2.45) is 0 Å². The molecule has 0 radical (unpaired) electrons. The number of rotatable bonds is 7. The van der Waals surface area contributed by atoms with Crippen molar-refractivity contribution in [3.05, 3.63) is 48.3 Å². The minimum Gasteiger partial charge on any atom is -0.432 e. The van der Waals surface area contributed by atoms with Crippen LogP contribution in [0.3, 0.4) is 0 Å². The molecule has 1 aromatic carbocycles. The third-order valence-electron chi connectivity index (χ3n) is 6.33. The maximum absolute atomic E-state index is 11.4. The SMILES string of the molecule is CS(=O)(=O)CCNCc1cnc2oc3c(N4CCOCC4)nc(-c4cccc5[nH]ccc45)nc3c2c1. The van der Waals surface area contributed by atoms with E-state index >= 15 is 0 Å². The molecule has 6 rings (SSSR count). The van der Waals surface area contributed by atoms with E-state index in [4.69, 9.17) is 19.1 Å². The molecule has 0 spiro atoms. The number of anilines is 1. The maximum atomic E-state index is 11.4. The highest BCUT2D eigenvalue weighted by Crippen LogP contribution is 2.36. The zero-order chi connectivity index (χ0) is 24.7. The van der Waals surface area contributed by atoms with Gasteiger partial charge in [0.05, 0.1) is 24.4 Å². The van der Waals surface area contributed by atoms with Crippen LogP contribution in [0, 0.1) is 0 Å². The highest BCUT2D eigenvalue weighted by atomic mass is 32.2. The van der Waals surface area contributed by atoms with Crippen LogP contribution in [-0.4, -0.2) is 73.2 Å². The first kappa shape index (κ1) is 22.9. The highest BCUT2D eigenvalue weighted by molar-refractivity contribution is 7.90. The van der Waals surface area contributed by atoms with Crippen molar-refractivity contribution in [1.82, 2.24) is 25.3 Å². The number of nitrogens with zero attached hydrogens (tertiary/aromatic N) is 4. The molecular weight excluding hydrogens is 480 g/mol. The average Bonchev–Trinajstić information content (AvgIpc) is 3.50. The predicted molar refractivity (Wildman–Crippen MR) is 139 cm³/mol. The quantitative estimate of drug-likeness (QED) is 0.320. The first-order chi connectivity index (χ1) is 17.5. The van der Waals surface area contributed by atoms with Gasteiger partial charge in [-0.1, -0.05) is 12.1 Å². The van der Waals surface area contributed by atoms with Gasteiger partial charge in [-0.25, -0.2) is 23.4 Å². The lowest BCUT2D eigenvalue weighted by Gasteiger charge is -2.27. The summed E-state index contributed by atoms with van der Waals surface area (Å²) in [5.41, 5.74) is 4.67. The molecule has 0 bridgehead atoms. The first-order valence-electron chi connectivity index (χ1n) is 11.8. The number of fused-ring (bicyclic) bond motifs is 4. The van der Waals surface area contributed by atoms with E-state index in [0.29, 0.717) is 62.0 Å². The van der Waals surface area contributed by atoms with E-state index in [1.165, 1.54) is 6.26 Å². The summed E-state index contributed by atoms with van der Waals surface area (Å²) < 4.78 is 34.6.